The van der Waals surface area contributed by atoms with Gasteiger partial charge in [-0.25, -0.2) is 0 Å². The van der Waals surface area contributed by atoms with Gasteiger partial charge in [0.05, 0.1) is 4.99 Å². The molecule has 3 N–H and O–H groups in total. The van der Waals surface area contributed by atoms with Crippen molar-refractivity contribution in [2.45, 2.75) is 13.8 Å². The van der Waals surface area contributed by atoms with Crippen LogP contribution in [0.2, 0.25) is 0 Å². The van der Waals surface area contributed by atoms with Gasteiger partial charge in [-0.15, -0.1) is 0 Å². The summed E-state index contributed by atoms with van der Waals surface area (Å²) in [5.74, 6) is 0.0547. The molecule has 1 amide bonds. The van der Waals surface area contributed by atoms with Crippen molar-refractivity contribution >= 4 is 23.1 Å². The van der Waals surface area contributed by atoms with Crippen molar-refractivity contribution in [2.75, 3.05) is 13.6 Å². The molecular formula is C13H18N2O2S. The molecule has 0 aliphatic carbocycles. The maximum Gasteiger partial charge on any atom is 0.253 e. The summed E-state index contributed by atoms with van der Waals surface area (Å²) < 4.78 is 0. The van der Waals surface area contributed by atoms with Crippen LogP contribution in [0.4, 0.5) is 0 Å². The van der Waals surface area contributed by atoms with Gasteiger partial charge in [0.2, 0.25) is 0 Å². The number of aromatic hydroxyl groups is 1. The smallest absolute Gasteiger partial charge is 0.253 e. The van der Waals surface area contributed by atoms with E-state index in [1.807, 2.05) is 6.92 Å². The van der Waals surface area contributed by atoms with E-state index in [4.69, 9.17) is 18.0 Å². The molecule has 0 aromatic heterocycles. The zero-order valence-electron chi connectivity index (χ0n) is 10.8. The molecular weight excluding hydrogens is 248 g/mol. The molecule has 0 radical (unpaired) electrons. The fraction of sp³-hybridized carbons (Fsp3) is 0.385. The van der Waals surface area contributed by atoms with Crippen LogP contribution < -0.4 is 5.73 Å². The zero-order chi connectivity index (χ0) is 13.9. The number of amides is 1. The van der Waals surface area contributed by atoms with Crippen LogP contribution in [-0.4, -0.2) is 34.5 Å². The van der Waals surface area contributed by atoms with Gasteiger partial charge in [-0.1, -0.05) is 19.1 Å². The highest BCUT2D eigenvalue weighted by Gasteiger charge is 2.16. The second kappa shape index (κ2) is 5.82. The molecule has 0 saturated heterocycles. The number of rotatable bonds is 4. The quantitative estimate of drug-likeness (QED) is 0.814. The van der Waals surface area contributed by atoms with Gasteiger partial charge in [-0.3, -0.25) is 4.79 Å². The number of benzene rings is 1. The molecule has 0 fully saturated rings. The third kappa shape index (κ3) is 3.43. The molecule has 0 heterocycles. The molecule has 0 bridgehead atoms. The second-order valence-electron chi connectivity index (χ2n) is 4.49. The molecule has 0 spiro atoms. The van der Waals surface area contributed by atoms with E-state index < -0.39 is 0 Å². The lowest BCUT2D eigenvalue weighted by Crippen LogP contribution is -2.35. The van der Waals surface area contributed by atoms with Crippen molar-refractivity contribution in [3.8, 4) is 5.75 Å². The minimum atomic E-state index is -0.110. The standard InChI is InChI=1S/C13H18N2O2S/c1-8-6-10(4-5-11(8)16)13(17)15(3)7-9(2)12(14)18/h4-6,9,16H,7H2,1-3H3,(H2,14,18). The summed E-state index contributed by atoms with van der Waals surface area (Å²) in [6.45, 7) is 4.12. The normalized spacial score (nSPS) is 11.9. The highest BCUT2D eigenvalue weighted by molar-refractivity contribution is 7.80. The minimum absolute atomic E-state index is 0.0211. The first kappa shape index (κ1) is 14.4. The van der Waals surface area contributed by atoms with Crippen molar-refractivity contribution in [2.24, 2.45) is 11.7 Å². The Bertz CT molecular complexity index is 474. The van der Waals surface area contributed by atoms with Crippen LogP contribution >= 0.6 is 12.2 Å². The number of carbonyl (C=O) groups excluding carboxylic acids is 1. The van der Waals surface area contributed by atoms with Gasteiger partial charge in [-0.2, -0.15) is 0 Å². The van der Waals surface area contributed by atoms with Crippen LogP contribution in [-0.2, 0) is 0 Å². The highest BCUT2D eigenvalue weighted by atomic mass is 32.1. The SMILES string of the molecule is Cc1cc(C(=O)N(C)CC(C)C(N)=S)ccc1O. The van der Waals surface area contributed by atoms with Crippen LogP contribution in [0.25, 0.3) is 0 Å². The number of nitrogens with zero attached hydrogens (tertiary/aromatic N) is 1. The maximum atomic E-state index is 12.1. The molecule has 1 atom stereocenters. The van der Waals surface area contributed by atoms with Crippen LogP contribution in [0.5, 0.6) is 5.75 Å². The van der Waals surface area contributed by atoms with Crippen molar-refractivity contribution in [3.63, 3.8) is 0 Å². The first-order valence-corrected chi connectivity index (χ1v) is 6.08. The lowest BCUT2D eigenvalue weighted by Gasteiger charge is -2.21. The number of hydrogen-bond donors (Lipinski definition) is 2. The van der Waals surface area contributed by atoms with E-state index in [1.54, 1.807) is 31.0 Å². The zero-order valence-corrected chi connectivity index (χ0v) is 11.6. The summed E-state index contributed by atoms with van der Waals surface area (Å²) in [6.07, 6.45) is 0. The summed E-state index contributed by atoms with van der Waals surface area (Å²) in [5.41, 5.74) is 6.75. The van der Waals surface area contributed by atoms with Gasteiger partial charge >= 0.3 is 0 Å². The van der Waals surface area contributed by atoms with Crippen molar-refractivity contribution in [1.29, 1.82) is 0 Å². The Balaban J connectivity index is 2.80. The van der Waals surface area contributed by atoms with Crippen molar-refractivity contribution < 1.29 is 9.90 Å². The summed E-state index contributed by atoms with van der Waals surface area (Å²) in [4.78, 5) is 14.1. The molecule has 1 unspecified atom stereocenters. The van der Waals surface area contributed by atoms with Crippen LogP contribution in [0, 0.1) is 12.8 Å². The van der Waals surface area contributed by atoms with Crippen LogP contribution in [0.1, 0.15) is 22.8 Å². The summed E-state index contributed by atoms with van der Waals surface area (Å²) in [6, 6.07) is 4.79. The molecule has 4 nitrogen and oxygen atoms in total. The van der Waals surface area contributed by atoms with E-state index in [1.165, 1.54) is 6.07 Å². The molecule has 0 aliphatic rings. The predicted octanol–water partition coefficient (Wildman–Crippen LogP) is 1.69. The number of carbonyl (C=O) groups is 1. The van der Waals surface area contributed by atoms with Crippen LogP contribution in [0.3, 0.4) is 0 Å². The van der Waals surface area contributed by atoms with E-state index >= 15 is 0 Å². The number of thiocarbonyl (C=S) groups is 1. The van der Waals surface area contributed by atoms with E-state index in [0.29, 0.717) is 22.7 Å². The van der Waals surface area contributed by atoms with Gasteiger partial charge in [0.25, 0.3) is 5.91 Å². The predicted molar refractivity (Wildman–Crippen MR) is 75.8 cm³/mol. The summed E-state index contributed by atoms with van der Waals surface area (Å²) >= 11 is 4.88. The van der Waals surface area contributed by atoms with Gasteiger partial charge < -0.3 is 15.7 Å². The van der Waals surface area contributed by atoms with Gasteiger partial charge in [-0.05, 0) is 30.7 Å². The fourth-order valence-corrected chi connectivity index (χ4v) is 1.67. The third-order valence-corrected chi connectivity index (χ3v) is 3.23. The first-order chi connectivity index (χ1) is 8.32. The number of phenolic OH excluding ortho intramolecular Hbond substituents is 1. The van der Waals surface area contributed by atoms with Gasteiger partial charge in [0, 0.05) is 25.1 Å². The fourth-order valence-electron chi connectivity index (χ4n) is 1.59. The topological polar surface area (TPSA) is 66.6 Å². The third-order valence-electron chi connectivity index (χ3n) is 2.82. The van der Waals surface area contributed by atoms with Crippen molar-refractivity contribution in [1.82, 2.24) is 4.90 Å². The Labute approximate surface area is 112 Å². The van der Waals surface area contributed by atoms with Gasteiger partial charge in [0.1, 0.15) is 5.75 Å². The molecule has 5 heteroatoms. The Morgan fingerprint density at radius 2 is 2.17 bits per heavy atom. The maximum absolute atomic E-state index is 12.1. The molecule has 18 heavy (non-hydrogen) atoms. The van der Waals surface area contributed by atoms with E-state index in [9.17, 15) is 9.90 Å². The highest BCUT2D eigenvalue weighted by Crippen LogP contribution is 2.18. The average Bonchev–Trinajstić information content (AvgIpc) is 2.31. The lowest BCUT2D eigenvalue weighted by molar-refractivity contribution is 0.0787. The molecule has 1 aromatic rings. The average molecular weight is 266 g/mol. The molecule has 0 aliphatic heterocycles. The molecule has 1 rings (SSSR count). The number of phenols is 1. The monoisotopic (exact) mass is 266 g/mol. The second-order valence-corrected chi connectivity index (χ2v) is 4.96. The Kier molecular flexibility index (Phi) is 4.67. The Morgan fingerprint density at radius 1 is 1.56 bits per heavy atom. The van der Waals surface area contributed by atoms with E-state index in [0.717, 1.165) is 0 Å². The van der Waals surface area contributed by atoms with Crippen molar-refractivity contribution in [3.05, 3.63) is 29.3 Å². The van der Waals surface area contributed by atoms with E-state index in [2.05, 4.69) is 0 Å². The lowest BCUT2D eigenvalue weighted by atomic mass is 10.1. The number of aryl methyl sites for hydroxylation is 1. The van der Waals surface area contributed by atoms with Crippen LogP contribution in [0.15, 0.2) is 18.2 Å². The number of hydrogen-bond acceptors (Lipinski definition) is 3. The van der Waals surface area contributed by atoms with Gasteiger partial charge in [0.15, 0.2) is 0 Å². The molecule has 1 aromatic carbocycles. The minimum Gasteiger partial charge on any atom is -0.508 e. The summed E-state index contributed by atoms with van der Waals surface area (Å²) in [5, 5.41) is 9.42. The Hall–Kier alpha value is -1.62. The largest absolute Gasteiger partial charge is 0.508 e. The molecule has 0 saturated carbocycles. The van der Waals surface area contributed by atoms with E-state index in [-0.39, 0.29) is 17.6 Å². The number of nitrogens with two attached hydrogens (primary N) is 1. The first-order valence-electron chi connectivity index (χ1n) is 5.67. The summed E-state index contributed by atoms with van der Waals surface area (Å²) in [7, 11) is 1.71. The Morgan fingerprint density at radius 3 is 2.67 bits per heavy atom. The molecule has 98 valence electrons.